The molecule has 0 saturated carbocycles. The summed E-state index contributed by atoms with van der Waals surface area (Å²) in [7, 11) is 1.58. The lowest BCUT2D eigenvalue weighted by Crippen LogP contribution is -2.04. The molecule has 0 amide bonds. The van der Waals surface area contributed by atoms with Gasteiger partial charge in [0.25, 0.3) is 0 Å². The number of hydrogen-bond acceptors (Lipinski definition) is 3. The van der Waals surface area contributed by atoms with Crippen LogP contribution in [0.15, 0.2) is 42.5 Å². The van der Waals surface area contributed by atoms with Crippen molar-refractivity contribution in [3.05, 3.63) is 57.2 Å². The molecular weight excluding hydrogens is 365 g/mol. The van der Waals surface area contributed by atoms with Crippen molar-refractivity contribution in [3.8, 4) is 17.6 Å². The number of ether oxygens (including phenoxy) is 2. The van der Waals surface area contributed by atoms with Crippen molar-refractivity contribution >= 4 is 22.6 Å². The van der Waals surface area contributed by atoms with Crippen molar-refractivity contribution < 1.29 is 9.47 Å². The van der Waals surface area contributed by atoms with Gasteiger partial charge in [0.1, 0.15) is 0 Å². The third kappa shape index (κ3) is 3.64. The molecule has 0 radical (unpaired) electrons. The fraction of sp³-hybridized carbons (Fsp3) is 0.188. The van der Waals surface area contributed by atoms with E-state index in [9.17, 15) is 0 Å². The monoisotopic (exact) mass is 379 g/mol. The second-order valence-electron chi connectivity index (χ2n) is 4.19. The van der Waals surface area contributed by atoms with Crippen molar-refractivity contribution in [1.29, 1.82) is 5.26 Å². The Morgan fingerprint density at radius 3 is 2.60 bits per heavy atom. The Morgan fingerprint density at radius 2 is 1.95 bits per heavy atom. The first-order chi connectivity index (χ1) is 9.74. The van der Waals surface area contributed by atoms with Crippen molar-refractivity contribution in [2.24, 2.45) is 0 Å². The Labute approximate surface area is 132 Å². The molecule has 0 atom stereocenters. The lowest BCUT2D eigenvalue weighted by atomic mass is 10.2. The fourth-order valence-corrected chi connectivity index (χ4v) is 2.60. The Bertz CT molecular complexity index is 620. The van der Waals surface area contributed by atoms with Crippen LogP contribution < -0.4 is 9.47 Å². The summed E-state index contributed by atoms with van der Waals surface area (Å²) in [5, 5.41) is 8.95. The number of nitrogens with zero attached hydrogens (tertiary/aromatic N) is 1. The van der Waals surface area contributed by atoms with Crippen LogP contribution in [0.2, 0.25) is 0 Å². The number of hydrogen-bond donors (Lipinski definition) is 0. The molecule has 3 nitrogen and oxygen atoms in total. The molecule has 0 saturated heterocycles. The molecule has 0 aromatic heterocycles. The van der Waals surface area contributed by atoms with Gasteiger partial charge < -0.3 is 9.47 Å². The zero-order valence-electron chi connectivity index (χ0n) is 11.1. The fourth-order valence-electron chi connectivity index (χ4n) is 1.84. The SMILES string of the molecule is COc1cc(C#N)cc(I)c1OCCc1ccccc1. The third-order valence-corrected chi connectivity index (χ3v) is 3.64. The maximum atomic E-state index is 8.95. The summed E-state index contributed by atoms with van der Waals surface area (Å²) in [5.74, 6) is 1.30. The Morgan fingerprint density at radius 1 is 1.20 bits per heavy atom. The zero-order chi connectivity index (χ0) is 14.4. The molecule has 0 aliphatic rings. The van der Waals surface area contributed by atoms with E-state index in [-0.39, 0.29) is 0 Å². The number of rotatable bonds is 5. The van der Waals surface area contributed by atoms with Crippen LogP contribution in [0, 0.1) is 14.9 Å². The molecular formula is C16H14INO2. The van der Waals surface area contributed by atoms with Crippen LogP contribution in [0.4, 0.5) is 0 Å². The summed E-state index contributed by atoms with van der Waals surface area (Å²) in [5.41, 5.74) is 1.80. The molecule has 0 unspecified atom stereocenters. The zero-order valence-corrected chi connectivity index (χ0v) is 13.3. The third-order valence-electron chi connectivity index (χ3n) is 2.84. The van der Waals surface area contributed by atoms with Gasteiger partial charge >= 0.3 is 0 Å². The minimum atomic E-state index is 0.571. The predicted octanol–water partition coefficient (Wildman–Crippen LogP) is 3.79. The molecule has 0 aliphatic heterocycles. The van der Waals surface area contributed by atoms with Gasteiger partial charge in [-0.25, -0.2) is 0 Å². The lowest BCUT2D eigenvalue weighted by molar-refractivity contribution is 0.295. The molecule has 2 rings (SSSR count). The molecule has 0 fully saturated rings. The van der Waals surface area contributed by atoms with E-state index in [4.69, 9.17) is 14.7 Å². The molecule has 0 aliphatic carbocycles. The van der Waals surface area contributed by atoms with Crippen LogP contribution in [0.25, 0.3) is 0 Å². The summed E-state index contributed by atoms with van der Waals surface area (Å²) < 4.78 is 12.0. The maximum absolute atomic E-state index is 8.95. The van der Waals surface area contributed by atoms with Gasteiger partial charge in [-0.3, -0.25) is 0 Å². The number of nitriles is 1. The van der Waals surface area contributed by atoms with Crippen LogP contribution in [0.1, 0.15) is 11.1 Å². The Balaban J connectivity index is 2.08. The van der Waals surface area contributed by atoms with Gasteiger partial charge in [0.2, 0.25) is 0 Å². The first-order valence-electron chi connectivity index (χ1n) is 6.19. The van der Waals surface area contributed by atoms with Gasteiger partial charge in [0.05, 0.1) is 28.9 Å². The normalized spacial score (nSPS) is 9.85. The molecule has 0 heterocycles. The highest BCUT2D eigenvalue weighted by Crippen LogP contribution is 2.33. The van der Waals surface area contributed by atoms with Gasteiger partial charge in [0, 0.05) is 12.5 Å². The van der Waals surface area contributed by atoms with Crippen molar-refractivity contribution in [2.75, 3.05) is 13.7 Å². The molecule has 2 aromatic rings. The Kier molecular flexibility index (Phi) is 5.24. The highest BCUT2D eigenvalue weighted by Gasteiger charge is 2.11. The second-order valence-corrected chi connectivity index (χ2v) is 5.35. The van der Waals surface area contributed by atoms with Crippen molar-refractivity contribution in [3.63, 3.8) is 0 Å². The van der Waals surface area contributed by atoms with Crippen LogP contribution in [-0.2, 0) is 6.42 Å². The predicted molar refractivity (Wildman–Crippen MR) is 86.1 cm³/mol. The maximum Gasteiger partial charge on any atom is 0.174 e. The number of methoxy groups -OCH3 is 1. The van der Waals surface area contributed by atoms with Crippen molar-refractivity contribution in [2.45, 2.75) is 6.42 Å². The van der Waals surface area contributed by atoms with E-state index in [1.54, 1.807) is 19.2 Å². The van der Waals surface area contributed by atoms with Gasteiger partial charge in [0.15, 0.2) is 11.5 Å². The summed E-state index contributed by atoms with van der Waals surface area (Å²) in [4.78, 5) is 0. The molecule has 4 heteroatoms. The van der Waals surface area contributed by atoms with Crippen molar-refractivity contribution in [1.82, 2.24) is 0 Å². The van der Waals surface area contributed by atoms with Crippen LogP contribution in [0.5, 0.6) is 11.5 Å². The van der Waals surface area contributed by atoms with E-state index >= 15 is 0 Å². The first kappa shape index (κ1) is 14.7. The van der Waals surface area contributed by atoms with Gasteiger partial charge in [-0.05, 0) is 34.2 Å². The van der Waals surface area contributed by atoms with Gasteiger partial charge in [-0.15, -0.1) is 0 Å². The topological polar surface area (TPSA) is 42.2 Å². The smallest absolute Gasteiger partial charge is 0.174 e. The van der Waals surface area contributed by atoms with Crippen LogP contribution in [0.3, 0.4) is 0 Å². The number of benzene rings is 2. The molecule has 0 spiro atoms. The van der Waals surface area contributed by atoms with E-state index < -0.39 is 0 Å². The summed E-state index contributed by atoms with van der Waals surface area (Å²) >= 11 is 2.16. The first-order valence-corrected chi connectivity index (χ1v) is 7.27. The van der Waals surface area contributed by atoms with E-state index in [1.807, 2.05) is 18.2 Å². The second kappa shape index (κ2) is 7.15. The molecule has 0 bridgehead atoms. The van der Waals surface area contributed by atoms with Crippen LogP contribution in [-0.4, -0.2) is 13.7 Å². The van der Waals surface area contributed by atoms with E-state index in [2.05, 4.69) is 40.8 Å². The highest BCUT2D eigenvalue weighted by atomic mass is 127. The summed E-state index contributed by atoms with van der Waals surface area (Å²) in [6.45, 7) is 0.572. The van der Waals surface area contributed by atoms with E-state index in [1.165, 1.54) is 5.56 Å². The molecule has 2 aromatic carbocycles. The van der Waals surface area contributed by atoms with E-state index in [0.717, 1.165) is 9.99 Å². The molecule has 102 valence electrons. The van der Waals surface area contributed by atoms with E-state index in [0.29, 0.717) is 23.7 Å². The summed E-state index contributed by atoms with van der Waals surface area (Å²) in [6.07, 6.45) is 0.833. The minimum absolute atomic E-state index is 0.571. The Hall–Kier alpha value is -1.74. The molecule has 0 N–H and O–H groups in total. The summed E-state index contributed by atoms with van der Waals surface area (Å²) in [6, 6.07) is 15.8. The van der Waals surface area contributed by atoms with Gasteiger partial charge in [-0.1, -0.05) is 30.3 Å². The van der Waals surface area contributed by atoms with Gasteiger partial charge in [-0.2, -0.15) is 5.26 Å². The largest absolute Gasteiger partial charge is 0.493 e. The average Bonchev–Trinajstić information content (AvgIpc) is 2.49. The number of halogens is 1. The standard InChI is InChI=1S/C16H14INO2/c1-19-15-10-13(11-18)9-14(17)16(15)20-8-7-12-5-3-2-4-6-12/h2-6,9-10H,7-8H2,1H3. The average molecular weight is 379 g/mol. The quantitative estimate of drug-likeness (QED) is 0.743. The minimum Gasteiger partial charge on any atom is -0.493 e. The highest BCUT2D eigenvalue weighted by molar-refractivity contribution is 14.1. The van der Waals surface area contributed by atoms with Crippen LogP contribution >= 0.6 is 22.6 Å². The molecule has 20 heavy (non-hydrogen) atoms. The lowest BCUT2D eigenvalue weighted by Gasteiger charge is -2.13.